The van der Waals surface area contributed by atoms with Gasteiger partial charge in [-0.1, -0.05) is 0 Å². The van der Waals surface area contributed by atoms with Crippen molar-refractivity contribution in [2.75, 3.05) is 13.1 Å². The van der Waals surface area contributed by atoms with Crippen LogP contribution in [0.15, 0.2) is 29.9 Å². The van der Waals surface area contributed by atoms with Crippen molar-refractivity contribution in [2.24, 2.45) is 0 Å². The fourth-order valence-corrected chi connectivity index (χ4v) is 3.41. The highest BCUT2D eigenvalue weighted by molar-refractivity contribution is 7.03. The van der Waals surface area contributed by atoms with Crippen LogP contribution in [0.3, 0.4) is 0 Å². The second-order valence-electron chi connectivity index (χ2n) is 6.49. The van der Waals surface area contributed by atoms with Gasteiger partial charge in [0.2, 0.25) is 5.91 Å². The molecule has 0 radical (unpaired) electrons. The molecule has 2 aromatic rings. The number of aliphatic hydroxyl groups is 1. The first-order valence-electron chi connectivity index (χ1n) is 8.03. The molecule has 1 aliphatic heterocycles. The van der Waals surface area contributed by atoms with E-state index in [2.05, 4.69) is 14.7 Å². The molecule has 132 valence electrons. The van der Waals surface area contributed by atoms with Crippen LogP contribution in [0.2, 0.25) is 0 Å². The molecular formula is C17H20N4O3S. The van der Waals surface area contributed by atoms with Gasteiger partial charge in [0, 0.05) is 30.9 Å². The number of aliphatic hydroxyl groups excluding tert-OH is 1. The van der Waals surface area contributed by atoms with Crippen LogP contribution < -0.4 is 5.32 Å². The maximum Gasteiger partial charge on any atom is 0.253 e. The molecule has 7 nitrogen and oxygen atoms in total. The number of pyridine rings is 1. The molecule has 1 saturated heterocycles. The van der Waals surface area contributed by atoms with Gasteiger partial charge in [-0.3, -0.25) is 14.6 Å². The molecule has 2 aromatic heterocycles. The predicted octanol–water partition coefficient (Wildman–Crippen LogP) is 0.994. The fraction of sp³-hybridized carbons (Fsp3) is 0.412. The van der Waals surface area contributed by atoms with Crippen LogP contribution in [0.1, 0.15) is 35.0 Å². The van der Waals surface area contributed by atoms with Crippen molar-refractivity contribution in [2.45, 2.75) is 31.9 Å². The topological polar surface area (TPSA) is 95.4 Å². The monoisotopic (exact) mass is 360 g/mol. The van der Waals surface area contributed by atoms with Gasteiger partial charge in [0.25, 0.3) is 5.91 Å². The lowest BCUT2D eigenvalue weighted by atomic mass is 10.0. The predicted molar refractivity (Wildman–Crippen MR) is 93.0 cm³/mol. The van der Waals surface area contributed by atoms with Crippen molar-refractivity contribution in [1.82, 2.24) is 19.6 Å². The Morgan fingerprint density at radius 2 is 2.24 bits per heavy atom. The van der Waals surface area contributed by atoms with E-state index in [4.69, 9.17) is 5.11 Å². The molecule has 1 fully saturated rings. The summed E-state index contributed by atoms with van der Waals surface area (Å²) in [5.41, 5.74) is 1.41. The molecule has 2 amide bonds. The Morgan fingerprint density at radius 1 is 1.40 bits per heavy atom. The minimum absolute atomic E-state index is 0.0483. The number of aromatic nitrogens is 2. The highest BCUT2D eigenvalue weighted by Gasteiger charge is 2.37. The zero-order valence-corrected chi connectivity index (χ0v) is 14.8. The molecule has 0 aromatic carbocycles. The molecule has 1 unspecified atom stereocenters. The Hall–Kier alpha value is -2.32. The van der Waals surface area contributed by atoms with Crippen molar-refractivity contribution < 1.29 is 14.7 Å². The van der Waals surface area contributed by atoms with Crippen molar-refractivity contribution in [3.8, 4) is 0 Å². The Labute approximate surface area is 149 Å². The smallest absolute Gasteiger partial charge is 0.253 e. The van der Waals surface area contributed by atoms with Crippen LogP contribution in [0.4, 0.5) is 0 Å². The maximum absolute atomic E-state index is 12.4. The van der Waals surface area contributed by atoms with Crippen molar-refractivity contribution >= 4 is 23.3 Å². The molecule has 8 heteroatoms. The van der Waals surface area contributed by atoms with Gasteiger partial charge in [-0.25, -0.2) is 4.37 Å². The molecule has 1 aliphatic rings. The van der Waals surface area contributed by atoms with Crippen LogP contribution in [0, 0.1) is 0 Å². The van der Waals surface area contributed by atoms with Gasteiger partial charge >= 0.3 is 0 Å². The second-order valence-corrected chi connectivity index (χ2v) is 7.14. The number of carbonyl (C=O) groups is 2. The number of nitrogens with one attached hydrogen (secondary N) is 1. The summed E-state index contributed by atoms with van der Waals surface area (Å²) in [6.07, 6.45) is 4.20. The Kier molecular flexibility index (Phi) is 5.10. The second kappa shape index (κ2) is 7.28. The van der Waals surface area contributed by atoms with E-state index in [1.54, 1.807) is 23.2 Å². The largest absolute Gasteiger partial charge is 0.390 e. The molecule has 0 spiro atoms. The summed E-state index contributed by atoms with van der Waals surface area (Å²) in [5.74, 6) is -0.178. The van der Waals surface area contributed by atoms with E-state index in [1.165, 1.54) is 17.7 Å². The standard InChI is InChI=1S/C17H20N4O3S/c1-17(20-16(24)13-2-3-14(9-22)18-8-13)4-5-21(11-17)15(23)6-12-7-19-25-10-12/h2-3,7-8,10,22H,4-6,9,11H2,1H3,(H,20,24). The van der Waals surface area contributed by atoms with Gasteiger partial charge < -0.3 is 15.3 Å². The van der Waals surface area contributed by atoms with Crippen LogP contribution >= 0.6 is 11.5 Å². The zero-order chi connectivity index (χ0) is 17.9. The van der Waals surface area contributed by atoms with E-state index in [-0.39, 0.29) is 18.4 Å². The number of rotatable bonds is 5. The molecule has 0 bridgehead atoms. The van der Waals surface area contributed by atoms with Gasteiger partial charge in [0.05, 0.1) is 29.8 Å². The summed E-state index contributed by atoms with van der Waals surface area (Å²) < 4.78 is 4.01. The summed E-state index contributed by atoms with van der Waals surface area (Å²) in [4.78, 5) is 30.6. The van der Waals surface area contributed by atoms with Gasteiger partial charge in [0.15, 0.2) is 0 Å². The third kappa shape index (κ3) is 4.21. The van der Waals surface area contributed by atoms with Crippen molar-refractivity contribution in [3.63, 3.8) is 0 Å². The van der Waals surface area contributed by atoms with Crippen LogP contribution in [0.25, 0.3) is 0 Å². The minimum Gasteiger partial charge on any atom is -0.390 e. The molecular weight excluding hydrogens is 340 g/mol. The van der Waals surface area contributed by atoms with E-state index in [9.17, 15) is 9.59 Å². The highest BCUT2D eigenvalue weighted by Crippen LogP contribution is 2.22. The van der Waals surface area contributed by atoms with Crippen LogP contribution in [-0.2, 0) is 17.8 Å². The Bertz CT molecular complexity index is 748. The lowest BCUT2D eigenvalue weighted by Gasteiger charge is -2.26. The third-order valence-corrected chi connectivity index (χ3v) is 4.96. The summed E-state index contributed by atoms with van der Waals surface area (Å²) in [7, 11) is 0. The van der Waals surface area contributed by atoms with E-state index in [1.807, 2.05) is 12.3 Å². The molecule has 3 heterocycles. The normalized spacial score (nSPS) is 19.8. The van der Waals surface area contributed by atoms with Gasteiger partial charge in [0.1, 0.15) is 0 Å². The number of amides is 2. The Balaban J connectivity index is 1.58. The van der Waals surface area contributed by atoms with Crippen LogP contribution in [0.5, 0.6) is 0 Å². The van der Waals surface area contributed by atoms with Gasteiger partial charge in [-0.05, 0) is 42.6 Å². The maximum atomic E-state index is 12.4. The molecule has 0 saturated carbocycles. The average Bonchev–Trinajstić information content (AvgIpc) is 3.24. The number of nitrogens with zero attached hydrogens (tertiary/aromatic N) is 3. The quantitative estimate of drug-likeness (QED) is 0.829. The lowest BCUT2D eigenvalue weighted by Crippen LogP contribution is -2.48. The number of likely N-dealkylation sites (tertiary alicyclic amines) is 1. The van der Waals surface area contributed by atoms with E-state index < -0.39 is 5.54 Å². The van der Waals surface area contributed by atoms with E-state index in [0.717, 1.165) is 5.56 Å². The summed E-state index contributed by atoms with van der Waals surface area (Å²) in [6, 6.07) is 3.26. The average molecular weight is 360 g/mol. The number of hydrogen-bond acceptors (Lipinski definition) is 6. The van der Waals surface area contributed by atoms with Crippen molar-refractivity contribution in [3.05, 3.63) is 46.7 Å². The summed E-state index contributed by atoms with van der Waals surface area (Å²) in [5, 5.41) is 13.9. The first kappa shape index (κ1) is 17.5. The van der Waals surface area contributed by atoms with Crippen LogP contribution in [-0.4, -0.2) is 49.8 Å². The fourth-order valence-electron chi connectivity index (χ4n) is 2.87. The van der Waals surface area contributed by atoms with E-state index in [0.29, 0.717) is 37.2 Å². The molecule has 1 atom stereocenters. The number of carbonyl (C=O) groups excluding carboxylic acids is 2. The highest BCUT2D eigenvalue weighted by atomic mass is 32.1. The Morgan fingerprint density at radius 3 is 2.88 bits per heavy atom. The SMILES string of the molecule is CC1(NC(=O)c2ccc(CO)nc2)CCN(C(=O)Cc2cnsc2)C1. The molecule has 3 rings (SSSR count). The molecule has 2 N–H and O–H groups in total. The first-order chi connectivity index (χ1) is 12.0. The lowest BCUT2D eigenvalue weighted by molar-refractivity contribution is -0.129. The zero-order valence-electron chi connectivity index (χ0n) is 13.9. The van der Waals surface area contributed by atoms with Gasteiger partial charge in [-0.2, -0.15) is 0 Å². The number of hydrogen-bond donors (Lipinski definition) is 2. The molecule has 25 heavy (non-hydrogen) atoms. The minimum atomic E-state index is -0.463. The third-order valence-electron chi connectivity index (χ3n) is 4.33. The summed E-state index contributed by atoms with van der Waals surface area (Å²) in [6.45, 7) is 2.89. The van der Waals surface area contributed by atoms with E-state index >= 15 is 0 Å². The van der Waals surface area contributed by atoms with Gasteiger partial charge in [-0.15, -0.1) is 0 Å². The van der Waals surface area contributed by atoms with Crippen molar-refractivity contribution in [1.29, 1.82) is 0 Å². The summed E-state index contributed by atoms with van der Waals surface area (Å²) >= 11 is 1.33. The first-order valence-corrected chi connectivity index (χ1v) is 8.87. The molecule has 0 aliphatic carbocycles.